The molecule has 0 bridgehead atoms. The first-order valence-corrected chi connectivity index (χ1v) is 13.8. The molecule has 4 nitrogen and oxygen atoms in total. The molecule has 0 unspecified atom stereocenters. The van der Waals surface area contributed by atoms with Crippen LogP contribution in [0.15, 0.2) is 131 Å². The molecule has 0 radical (unpaired) electrons. The maximum atomic E-state index is 5.25. The van der Waals surface area contributed by atoms with Crippen LogP contribution < -0.4 is 0 Å². The van der Waals surface area contributed by atoms with E-state index in [4.69, 9.17) is 9.97 Å². The van der Waals surface area contributed by atoms with Gasteiger partial charge in [0.15, 0.2) is 0 Å². The van der Waals surface area contributed by atoms with Gasteiger partial charge in [0.05, 0.1) is 27.8 Å². The highest BCUT2D eigenvalue weighted by Gasteiger charge is 2.23. The molecular weight excluding hydrogens is 496 g/mol. The van der Waals surface area contributed by atoms with Crippen molar-refractivity contribution in [2.45, 2.75) is 9.79 Å². The molecule has 3 aromatic heterocycles. The summed E-state index contributed by atoms with van der Waals surface area (Å²) < 4.78 is 4.53. The predicted octanol–water partition coefficient (Wildman–Crippen LogP) is 8.80. The second-order valence-electron chi connectivity index (χ2n) is 9.89. The van der Waals surface area contributed by atoms with E-state index in [1.807, 2.05) is 0 Å². The van der Waals surface area contributed by atoms with E-state index >= 15 is 0 Å². The molecule has 39 heavy (non-hydrogen) atoms. The third-order valence-corrected chi connectivity index (χ3v) is 8.89. The third-order valence-electron chi connectivity index (χ3n) is 7.75. The van der Waals surface area contributed by atoms with Gasteiger partial charge < -0.3 is 4.57 Å². The van der Waals surface area contributed by atoms with Crippen LogP contribution in [0, 0.1) is 0 Å². The average Bonchev–Trinajstić information content (AvgIpc) is 3.57. The van der Waals surface area contributed by atoms with Crippen molar-refractivity contribution >= 4 is 55.4 Å². The number of para-hydroxylation sites is 2. The molecule has 9 rings (SSSR count). The minimum Gasteiger partial charge on any atom is -0.309 e. The summed E-state index contributed by atoms with van der Waals surface area (Å²) in [6.07, 6.45) is 2.11. The van der Waals surface area contributed by atoms with Crippen LogP contribution in [-0.2, 0) is 0 Å². The molecule has 0 spiro atoms. The van der Waals surface area contributed by atoms with E-state index in [0.29, 0.717) is 5.95 Å². The fourth-order valence-corrected chi connectivity index (χ4v) is 7.21. The normalized spacial score (nSPS) is 12.5. The molecule has 1 aliphatic rings. The monoisotopic (exact) mass is 516 g/mol. The second-order valence-corrected chi connectivity index (χ2v) is 11.0. The molecule has 8 aromatic rings. The van der Waals surface area contributed by atoms with E-state index in [1.165, 1.54) is 37.0 Å². The number of nitrogens with zero attached hydrogens (tertiary/aromatic N) is 4. The molecule has 0 N–H and O–H groups in total. The quantitative estimate of drug-likeness (QED) is 0.230. The fourth-order valence-electron chi connectivity index (χ4n) is 6.10. The van der Waals surface area contributed by atoms with Gasteiger partial charge in [0.1, 0.15) is 0 Å². The highest BCUT2D eigenvalue weighted by atomic mass is 32.2. The summed E-state index contributed by atoms with van der Waals surface area (Å²) in [6, 6.07) is 40.8. The third kappa shape index (κ3) is 2.90. The topological polar surface area (TPSA) is 35.6 Å². The van der Waals surface area contributed by atoms with Crippen molar-refractivity contribution in [3.63, 3.8) is 0 Å². The Kier molecular flexibility index (Phi) is 4.23. The summed E-state index contributed by atoms with van der Waals surface area (Å²) in [4.78, 5) is 12.8. The van der Waals surface area contributed by atoms with Crippen molar-refractivity contribution in [3.8, 4) is 22.9 Å². The Morgan fingerprint density at radius 3 is 2.36 bits per heavy atom. The van der Waals surface area contributed by atoms with Gasteiger partial charge in [0, 0.05) is 48.8 Å². The van der Waals surface area contributed by atoms with Gasteiger partial charge in [-0.2, -0.15) is 0 Å². The van der Waals surface area contributed by atoms with Gasteiger partial charge in [-0.05, 0) is 48.5 Å². The first-order chi connectivity index (χ1) is 19.3. The smallest absolute Gasteiger partial charge is 0.235 e. The van der Waals surface area contributed by atoms with Crippen LogP contribution in [0.4, 0.5) is 0 Å². The van der Waals surface area contributed by atoms with Crippen LogP contribution in [0.1, 0.15) is 0 Å². The number of aromatic nitrogens is 4. The molecule has 0 fully saturated rings. The maximum Gasteiger partial charge on any atom is 0.235 e. The highest BCUT2D eigenvalue weighted by molar-refractivity contribution is 7.99. The molecule has 0 aliphatic carbocycles. The molecular formula is C34H20N4S. The Balaban J connectivity index is 1.40. The van der Waals surface area contributed by atoms with E-state index < -0.39 is 0 Å². The second kappa shape index (κ2) is 7.82. The maximum absolute atomic E-state index is 5.25. The molecule has 1 aliphatic heterocycles. The number of rotatable bonds is 2. The molecule has 0 atom stereocenters. The zero-order valence-corrected chi connectivity index (χ0v) is 21.6. The zero-order valence-electron chi connectivity index (χ0n) is 20.7. The molecule has 0 saturated heterocycles. The molecule has 4 heterocycles. The number of hydrogen-bond acceptors (Lipinski definition) is 3. The Labute approximate surface area is 228 Å². The van der Waals surface area contributed by atoms with Crippen LogP contribution in [0.3, 0.4) is 0 Å². The Morgan fingerprint density at radius 2 is 1.41 bits per heavy atom. The average molecular weight is 517 g/mol. The van der Waals surface area contributed by atoms with E-state index in [-0.39, 0.29) is 0 Å². The van der Waals surface area contributed by atoms with Gasteiger partial charge in [0.2, 0.25) is 5.95 Å². The summed E-state index contributed by atoms with van der Waals surface area (Å²) in [6.45, 7) is 0. The molecule has 182 valence electrons. The van der Waals surface area contributed by atoms with E-state index in [0.717, 1.165) is 33.4 Å². The number of benzene rings is 5. The van der Waals surface area contributed by atoms with Crippen molar-refractivity contribution in [1.29, 1.82) is 0 Å². The molecule has 0 amide bonds. The summed E-state index contributed by atoms with van der Waals surface area (Å²) in [5.41, 5.74) is 7.76. The highest BCUT2D eigenvalue weighted by Crippen LogP contribution is 2.47. The van der Waals surface area contributed by atoms with Crippen LogP contribution in [0.5, 0.6) is 0 Å². The van der Waals surface area contributed by atoms with Gasteiger partial charge >= 0.3 is 0 Å². The summed E-state index contributed by atoms with van der Waals surface area (Å²) in [5, 5.41) is 4.72. The predicted molar refractivity (Wildman–Crippen MR) is 160 cm³/mol. The SMILES string of the molecule is c1ccc(-n2c3ccccc3c3c4c(ccc32)ccn4-c2nc3c4c(cccc4n2)Sc2ccccc2-3)cc1. The van der Waals surface area contributed by atoms with E-state index in [9.17, 15) is 0 Å². The zero-order chi connectivity index (χ0) is 25.5. The van der Waals surface area contributed by atoms with Crippen molar-refractivity contribution in [3.05, 3.63) is 121 Å². The largest absolute Gasteiger partial charge is 0.309 e. The van der Waals surface area contributed by atoms with Gasteiger partial charge in [-0.1, -0.05) is 78.5 Å². The first-order valence-electron chi connectivity index (χ1n) is 13.0. The minimum absolute atomic E-state index is 0.690. The van der Waals surface area contributed by atoms with E-state index in [2.05, 4.69) is 131 Å². The Hall–Kier alpha value is -4.87. The number of hydrogen-bond donors (Lipinski definition) is 0. The van der Waals surface area contributed by atoms with Crippen molar-refractivity contribution in [2.75, 3.05) is 0 Å². The molecule has 5 aromatic carbocycles. The first kappa shape index (κ1) is 21.1. The van der Waals surface area contributed by atoms with Gasteiger partial charge in [-0.3, -0.25) is 4.57 Å². The molecule has 5 heteroatoms. The van der Waals surface area contributed by atoms with Gasteiger partial charge in [-0.15, -0.1) is 0 Å². The number of fused-ring (bicyclic) bond motifs is 7. The van der Waals surface area contributed by atoms with Crippen LogP contribution in [-0.4, -0.2) is 19.1 Å². The van der Waals surface area contributed by atoms with Crippen molar-refractivity contribution < 1.29 is 0 Å². The van der Waals surface area contributed by atoms with Crippen LogP contribution >= 0.6 is 11.8 Å². The fraction of sp³-hybridized carbons (Fsp3) is 0. The lowest BCUT2D eigenvalue weighted by molar-refractivity contribution is 0.983. The Morgan fingerprint density at radius 1 is 0.590 bits per heavy atom. The van der Waals surface area contributed by atoms with Crippen LogP contribution in [0.2, 0.25) is 0 Å². The lowest BCUT2D eigenvalue weighted by Gasteiger charge is -2.19. The van der Waals surface area contributed by atoms with Crippen molar-refractivity contribution in [1.82, 2.24) is 19.1 Å². The summed E-state index contributed by atoms with van der Waals surface area (Å²) in [7, 11) is 0. The minimum atomic E-state index is 0.690. The lowest BCUT2D eigenvalue weighted by Crippen LogP contribution is -2.05. The summed E-state index contributed by atoms with van der Waals surface area (Å²) in [5.74, 6) is 0.690. The lowest BCUT2D eigenvalue weighted by atomic mass is 10.1. The van der Waals surface area contributed by atoms with Crippen molar-refractivity contribution in [2.24, 2.45) is 0 Å². The van der Waals surface area contributed by atoms with Gasteiger partial charge in [0.25, 0.3) is 0 Å². The standard InChI is InChI=1S/C34H20N4S/c1-2-9-22(10-3-1)38-26-14-6-4-11-23(26)30-27(38)18-17-21-19-20-37(33(21)30)34-35-25-13-8-16-29-31(25)32(36-34)24-12-5-7-15-28(24)39-29/h1-20H. The Bertz CT molecular complexity index is 2260. The van der Waals surface area contributed by atoms with Crippen LogP contribution in [0.25, 0.3) is 66.5 Å². The van der Waals surface area contributed by atoms with E-state index in [1.54, 1.807) is 11.8 Å². The molecule has 0 saturated carbocycles. The van der Waals surface area contributed by atoms with Gasteiger partial charge in [-0.25, -0.2) is 9.97 Å². The summed E-state index contributed by atoms with van der Waals surface area (Å²) >= 11 is 1.80.